The fourth-order valence-electron chi connectivity index (χ4n) is 1.90. The highest BCUT2D eigenvalue weighted by atomic mass is 19.4. The van der Waals surface area contributed by atoms with Gasteiger partial charge in [0.15, 0.2) is 5.69 Å². The monoisotopic (exact) mass is 257 g/mol. The first kappa shape index (κ1) is 12.9. The number of rotatable bonds is 3. The van der Waals surface area contributed by atoms with Crippen LogP contribution in [0.5, 0.6) is 0 Å². The van der Waals surface area contributed by atoms with Gasteiger partial charge in [0.25, 0.3) is 0 Å². The third-order valence-corrected chi connectivity index (χ3v) is 3.13. The summed E-state index contributed by atoms with van der Waals surface area (Å²) in [5.41, 5.74) is 0.174. The lowest BCUT2D eigenvalue weighted by molar-refractivity contribution is -0.141. The molecule has 0 bridgehead atoms. The van der Waals surface area contributed by atoms with Gasteiger partial charge in [0.05, 0.1) is 12.4 Å². The Balaban J connectivity index is 1.90. The smallest absolute Gasteiger partial charge is 0.366 e. The Labute approximate surface area is 103 Å². The van der Waals surface area contributed by atoms with Crippen molar-refractivity contribution in [3.05, 3.63) is 30.2 Å². The summed E-state index contributed by atoms with van der Waals surface area (Å²) in [6.07, 6.45) is -0.683. The van der Waals surface area contributed by atoms with Crippen LogP contribution in [0.3, 0.4) is 0 Å². The van der Waals surface area contributed by atoms with Crippen LogP contribution in [0.2, 0.25) is 0 Å². The van der Waals surface area contributed by atoms with Gasteiger partial charge in [0.1, 0.15) is 5.82 Å². The average Bonchev–Trinajstić information content (AvgIpc) is 2.21. The van der Waals surface area contributed by atoms with Crippen molar-refractivity contribution in [3.8, 4) is 0 Å². The molecule has 98 valence electrons. The molecule has 0 amide bonds. The second-order valence-corrected chi connectivity index (χ2v) is 4.64. The topological polar surface area (TPSA) is 37.8 Å². The number of aromatic nitrogens is 2. The number of hydrogen-bond acceptors (Lipinski definition) is 3. The summed E-state index contributed by atoms with van der Waals surface area (Å²) in [4.78, 5) is 7.07. The maximum absolute atomic E-state index is 12.3. The van der Waals surface area contributed by atoms with Gasteiger partial charge in [-0.15, -0.1) is 0 Å². The molecule has 1 saturated carbocycles. The first-order chi connectivity index (χ1) is 8.36. The zero-order chi connectivity index (χ0) is 13.3. The molecule has 3 nitrogen and oxygen atoms in total. The summed E-state index contributed by atoms with van der Waals surface area (Å²) >= 11 is 0. The van der Waals surface area contributed by atoms with Crippen molar-refractivity contribution in [2.24, 2.45) is 5.92 Å². The molecule has 0 saturated heterocycles. The predicted octanol–water partition coefficient (Wildman–Crippen LogP) is 3.26. The fourth-order valence-corrected chi connectivity index (χ4v) is 1.90. The second-order valence-electron chi connectivity index (χ2n) is 4.64. The van der Waals surface area contributed by atoms with Crippen LogP contribution in [0.15, 0.2) is 24.5 Å². The fraction of sp³-hybridized carbons (Fsp3) is 0.500. The number of halogens is 3. The maximum atomic E-state index is 12.3. The Hall–Kier alpha value is -1.59. The lowest BCUT2D eigenvalue weighted by Gasteiger charge is -2.36. The van der Waals surface area contributed by atoms with Gasteiger partial charge in [-0.1, -0.05) is 12.2 Å². The highest BCUT2D eigenvalue weighted by Gasteiger charge is 2.33. The Morgan fingerprint density at radius 3 is 2.44 bits per heavy atom. The number of alkyl halides is 3. The first-order valence-electron chi connectivity index (χ1n) is 5.67. The van der Waals surface area contributed by atoms with Crippen LogP contribution in [-0.2, 0) is 6.18 Å². The summed E-state index contributed by atoms with van der Waals surface area (Å²) < 4.78 is 36.8. The normalized spacial score (nSPS) is 23.3. The predicted molar refractivity (Wildman–Crippen MR) is 62.0 cm³/mol. The summed E-state index contributed by atoms with van der Waals surface area (Å²) in [6.45, 7) is 5.86. The molecule has 1 fully saturated rings. The van der Waals surface area contributed by atoms with Crippen LogP contribution >= 0.6 is 0 Å². The molecule has 1 aliphatic carbocycles. The van der Waals surface area contributed by atoms with Crippen LogP contribution < -0.4 is 5.32 Å². The Morgan fingerprint density at radius 1 is 1.33 bits per heavy atom. The highest BCUT2D eigenvalue weighted by molar-refractivity contribution is 5.34. The van der Waals surface area contributed by atoms with Gasteiger partial charge in [0.2, 0.25) is 0 Å². The number of allylic oxidation sites excluding steroid dienone is 1. The van der Waals surface area contributed by atoms with Crippen molar-refractivity contribution < 1.29 is 13.2 Å². The van der Waals surface area contributed by atoms with E-state index in [0.29, 0.717) is 11.7 Å². The molecule has 1 N–H and O–H groups in total. The van der Waals surface area contributed by atoms with Crippen LogP contribution in [0.25, 0.3) is 0 Å². The van der Waals surface area contributed by atoms with Gasteiger partial charge in [-0.3, -0.25) is 0 Å². The Bertz CT molecular complexity index is 433. The molecule has 0 aromatic carbocycles. The van der Waals surface area contributed by atoms with Crippen LogP contribution in [0, 0.1) is 5.92 Å². The number of nitrogens with one attached hydrogen (secondary N) is 1. The molecule has 1 heterocycles. The molecule has 0 unspecified atom stereocenters. The molecular weight excluding hydrogens is 243 g/mol. The molecule has 1 aromatic heterocycles. The highest BCUT2D eigenvalue weighted by Crippen LogP contribution is 2.34. The van der Waals surface area contributed by atoms with E-state index in [1.54, 1.807) is 0 Å². The van der Waals surface area contributed by atoms with Gasteiger partial charge in [-0.2, -0.15) is 13.2 Å². The van der Waals surface area contributed by atoms with Crippen LogP contribution in [0.1, 0.15) is 25.5 Å². The van der Waals surface area contributed by atoms with Gasteiger partial charge in [-0.05, 0) is 25.7 Å². The SMILES string of the molecule is C=C(C)C1CC(Nc2cnc(C(F)(F)F)cn2)C1. The standard InChI is InChI=1S/C12H14F3N3/c1-7(2)8-3-9(4-8)18-11-6-16-10(5-17-11)12(13,14)15/h5-6,8-9H,1,3-4H2,2H3,(H,17,18). The van der Waals surface area contributed by atoms with Crippen molar-refractivity contribution >= 4 is 5.82 Å². The van der Waals surface area contributed by atoms with Gasteiger partial charge < -0.3 is 5.32 Å². The average molecular weight is 257 g/mol. The van der Waals surface area contributed by atoms with Crippen molar-refractivity contribution in [2.75, 3.05) is 5.32 Å². The molecule has 6 heteroatoms. The minimum absolute atomic E-state index is 0.248. The third-order valence-electron chi connectivity index (χ3n) is 3.13. The first-order valence-corrected chi connectivity index (χ1v) is 5.67. The molecule has 0 spiro atoms. The largest absolute Gasteiger partial charge is 0.434 e. The van der Waals surface area contributed by atoms with E-state index in [9.17, 15) is 13.2 Å². The van der Waals surface area contributed by atoms with E-state index >= 15 is 0 Å². The maximum Gasteiger partial charge on any atom is 0.434 e. The van der Waals surface area contributed by atoms with Crippen molar-refractivity contribution in [2.45, 2.75) is 32.0 Å². The molecule has 0 aliphatic heterocycles. The molecule has 1 aliphatic rings. The van der Waals surface area contributed by atoms with Gasteiger partial charge >= 0.3 is 6.18 Å². The zero-order valence-corrected chi connectivity index (χ0v) is 9.96. The van der Waals surface area contributed by atoms with Gasteiger partial charge in [-0.25, -0.2) is 9.97 Å². The summed E-state index contributed by atoms with van der Waals surface area (Å²) in [5, 5.41) is 3.06. The van der Waals surface area contributed by atoms with E-state index in [1.165, 1.54) is 0 Å². The summed E-state index contributed by atoms with van der Waals surface area (Å²) in [6, 6.07) is 0.248. The quantitative estimate of drug-likeness (QED) is 0.844. The van der Waals surface area contributed by atoms with E-state index in [1.807, 2.05) is 6.92 Å². The van der Waals surface area contributed by atoms with Crippen molar-refractivity contribution in [3.63, 3.8) is 0 Å². The van der Waals surface area contributed by atoms with E-state index in [4.69, 9.17) is 0 Å². The zero-order valence-electron chi connectivity index (χ0n) is 9.96. The summed E-state index contributed by atoms with van der Waals surface area (Å²) in [5.74, 6) is 0.887. The van der Waals surface area contributed by atoms with E-state index in [0.717, 1.165) is 30.8 Å². The lowest BCUT2D eigenvalue weighted by atomic mass is 9.76. The minimum Gasteiger partial charge on any atom is -0.366 e. The van der Waals surface area contributed by atoms with E-state index < -0.39 is 11.9 Å². The molecular formula is C12H14F3N3. The summed E-state index contributed by atoms with van der Waals surface area (Å²) in [7, 11) is 0. The number of nitrogens with zero attached hydrogens (tertiary/aromatic N) is 2. The Kier molecular flexibility index (Phi) is 3.28. The van der Waals surface area contributed by atoms with Crippen molar-refractivity contribution in [1.29, 1.82) is 0 Å². The van der Waals surface area contributed by atoms with Crippen LogP contribution in [-0.4, -0.2) is 16.0 Å². The molecule has 18 heavy (non-hydrogen) atoms. The van der Waals surface area contributed by atoms with E-state index in [-0.39, 0.29) is 6.04 Å². The third kappa shape index (κ3) is 2.80. The van der Waals surface area contributed by atoms with Crippen molar-refractivity contribution in [1.82, 2.24) is 9.97 Å². The second kappa shape index (κ2) is 4.59. The molecule has 2 rings (SSSR count). The van der Waals surface area contributed by atoms with Gasteiger partial charge in [0, 0.05) is 6.04 Å². The molecule has 1 aromatic rings. The van der Waals surface area contributed by atoms with Crippen LogP contribution in [0.4, 0.5) is 19.0 Å². The molecule has 0 radical (unpaired) electrons. The van der Waals surface area contributed by atoms with E-state index in [2.05, 4.69) is 21.9 Å². The number of anilines is 1. The molecule has 0 atom stereocenters. The Morgan fingerprint density at radius 2 is 2.00 bits per heavy atom. The lowest BCUT2D eigenvalue weighted by Crippen LogP contribution is -2.36. The minimum atomic E-state index is -4.44. The number of hydrogen-bond donors (Lipinski definition) is 1.